The minimum atomic E-state index is -0.429. The average Bonchev–Trinajstić information content (AvgIpc) is 2.49. The fourth-order valence-electron chi connectivity index (χ4n) is 2.65. The minimum absolute atomic E-state index is 0.219. The van der Waals surface area contributed by atoms with Crippen molar-refractivity contribution in [3.63, 3.8) is 0 Å². The molecule has 0 bridgehead atoms. The highest BCUT2D eigenvalue weighted by molar-refractivity contribution is 6.35. The molecule has 1 atom stereocenters. The van der Waals surface area contributed by atoms with Crippen LogP contribution in [0, 0.1) is 0 Å². The van der Waals surface area contributed by atoms with Gasteiger partial charge in [0.15, 0.2) is 0 Å². The van der Waals surface area contributed by atoms with Crippen LogP contribution in [0.5, 0.6) is 0 Å². The van der Waals surface area contributed by atoms with Gasteiger partial charge in [0.25, 0.3) is 0 Å². The highest BCUT2D eigenvalue weighted by Crippen LogP contribution is 2.32. The van der Waals surface area contributed by atoms with Gasteiger partial charge in [-0.25, -0.2) is 4.79 Å². The van der Waals surface area contributed by atoms with Gasteiger partial charge in [0, 0.05) is 10.0 Å². The molecular formula is C16H21Cl2NO2. The van der Waals surface area contributed by atoms with Crippen LogP contribution < -0.4 is 0 Å². The highest BCUT2D eigenvalue weighted by Gasteiger charge is 2.31. The predicted molar refractivity (Wildman–Crippen MR) is 85.9 cm³/mol. The fourth-order valence-corrected chi connectivity index (χ4v) is 3.17. The van der Waals surface area contributed by atoms with Crippen LogP contribution in [0.15, 0.2) is 18.2 Å². The zero-order valence-corrected chi connectivity index (χ0v) is 13.8. The number of likely N-dealkylation sites (tertiary alicyclic amines) is 1. The first-order chi connectivity index (χ1) is 10.1. The normalized spacial score (nSPS) is 17.5. The van der Waals surface area contributed by atoms with Crippen molar-refractivity contribution in [1.29, 1.82) is 0 Å². The fraction of sp³-hybridized carbons (Fsp3) is 0.562. The third-order valence-corrected chi connectivity index (χ3v) is 4.25. The van der Waals surface area contributed by atoms with E-state index in [1.54, 1.807) is 12.1 Å². The first-order valence-electron chi connectivity index (χ1n) is 7.49. The van der Waals surface area contributed by atoms with Crippen molar-refractivity contribution in [2.24, 2.45) is 0 Å². The van der Waals surface area contributed by atoms with Gasteiger partial charge >= 0.3 is 5.97 Å². The first-order valence-corrected chi connectivity index (χ1v) is 8.24. The molecule has 1 aromatic carbocycles. The number of carbonyl (C=O) groups excluding carboxylic acids is 1. The summed E-state index contributed by atoms with van der Waals surface area (Å²) in [6.45, 7) is 4.21. The lowest BCUT2D eigenvalue weighted by atomic mass is 10.0. The molecule has 0 aliphatic carbocycles. The molecule has 0 unspecified atom stereocenters. The largest absolute Gasteiger partial charge is 0.464 e. The molecule has 1 aliphatic rings. The van der Waals surface area contributed by atoms with E-state index in [2.05, 4.69) is 4.90 Å². The molecule has 116 valence electrons. The number of piperidine rings is 1. The summed E-state index contributed by atoms with van der Waals surface area (Å²) >= 11 is 12.3. The van der Waals surface area contributed by atoms with Crippen LogP contribution in [-0.2, 0) is 9.53 Å². The molecular weight excluding hydrogens is 309 g/mol. The summed E-state index contributed by atoms with van der Waals surface area (Å²) in [5.41, 5.74) is 0.782. The van der Waals surface area contributed by atoms with Crippen molar-refractivity contribution in [3.05, 3.63) is 33.8 Å². The summed E-state index contributed by atoms with van der Waals surface area (Å²) in [4.78, 5) is 14.6. The summed E-state index contributed by atoms with van der Waals surface area (Å²) in [5, 5.41) is 1.09. The molecule has 0 amide bonds. The molecule has 0 aromatic heterocycles. The van der Waals surface area contributed by atoms with E-state index in [9.17, 15) is 4.79 Å². The van der Waals surface area contributed by atoms with Crippen molar-refractivity contribution in [3.8, 4) is 0 Å². The van der Waals surface area contributed by atoms with Crippen LogP contribution in [0.25, 0.3) is 0 Å². The Morgan fingerprint density at radius 3 is 2.62 bits per heavy atom. The number of nitrogens with zero attached hydrogens (tertiary/aromatic N) is 1. The Bertz CT molecular complexity index is 487. The monoisotopic (exact) mass is 329 g/mol. The van der Waals surface area contributed by atoms with E-state index in [4.69, 9.17) is 27.9 Å². The number of halogens is 2. The third kappa shape index (κ3) is 4.35. The molecule has 2 rings (SSSR count). The zero-order chi connectivity index (χ0) is 15.2. The molecule has 1 fully saturated rings. The summed E-state index contributed by atoms with van der Waals surface area (Å²) in [7, 11) is 0. The minimum Gasteiger partial charge on any atom is -0.464 e. The molecule has 3 nitrogen and oxygen atoms in total. The molecule has 0 spiro atoms. The van der Waals surface area contributed by atoms with Gasteiger partial charge in [0.05, 0.1) is 6.61 Å². The number of benzene rings is 1. The van der Waals surface area contributed by atoms with Crippen LogP contribution in [0.4, 0.5) is 0 Å². The smallest absolute Gasteiger partial charge is 0.328 e. The van der Waals surface area contributed by atoms with Crippen molar-refractivity contribution in [1.82, 2.24) is 4.90 Å². The number of rotatable bonds is 5. The van der Waals surface area contributed by atoms with Crippen LogP contribution >= 0.6 is 23.2 Å². The maximum atomic E-state index is 12.5. The molecule has 1 heterocycles. The number of esters is 1. The Hall–Kier alpha value is -0.770. The maximum absolute atomic E-state index is 12.5. The van der Waals surface area contributed by atoms with E-state index in [0.717, 1.165) is 37.9 Å². The summed E-state index contributed by atoms with van der Waals surface area (Å²) < 4.78 is 5.37. The number of carbonyl (C=O) groups is 1. The van der Waals surface area contributed by atoms with Crippen molar-refractivity contribution in [2.75, 3.05) is 19.7 Å². The Morgan fingerprint density at radius 1 is 1.29 bits per heavy atom. The Kier molecular flexibility index (Phi) is 6.34. The van der Waals surface area contributed by atoms with Crippen LogP contribution in [-0.4, -0.2) is 30.6 Å². The lowest BCUT2D eigenvalue weighted by molar-refractivity contribution is -0.150. The van der Waals surface area contributed by atoms with Crippen molar-refractivity contribution in [2.45, 2.75) is 38.6 Å². The number of ether oxygens (including phenoxy) is 1. The molecule has 5 heteroatoms. The molecule has 1 aromatic rings. The number of hydrogen-bond acceptors (Lipinski definition) is 3. The highest BCUT2D eigenvalue weighted by atomic mass is 35.5. The lowest BCUT2D eigenvalue weighted by Gasteiger charge is -2.33. The summed E-state index contributed by atoms with van der Waals surface area (Å²) in [5.74, 6) is -0.219. The van der Waals surface area contributed by atoms with E-state index < -0.39 is 6.04 Å². The van der Waals surface area contributed by atoms with Gasteiger partial charge in [0.2, 0.25) is 0 Å². The first kappa shape index (κ1) is 16.6. The van der Waals surface area contributed by atoms with Crippen LogP contribution in [0.3, 0.4) is 0 Å². The van der Waals surface area contributed by atoms with Gasteiger partial charge < -0.3 is 4.74 Å². The second-order valence-corrected chi connectivity index (χ2v) is 6.18. The van der Waals surface area contributed by atoms with E-state index in [-0.39, 0.29) is 5.97 Å². The van der Waals surface area contributed by atoms with E-state index >= 15 is 0 Å². The van der Waals surface area contributed by atoms with Gasteiger partial charge in [-0.3, -0.25) is 4.90 Å². The quantitative estimate of drug-likeness (QED) is 0.746. The third-order valence-electron chi connectivity index (χ3n) is 3.68. The van der Waals surface area contributed by atoms with Gasteiger partial charge in [-0.15, -0.1) is 0 Å². The Labute approximate surface area is 136 Å². The Morgan fingerprint density at radius 2 is 2.00 bits per heavy atom. The van der Waals surface area contributed by atoms with E-state index in [0.29, 0.717) is 16.7 Å². The maximum Gasteiger partial charge on any atom is 0.328 e. The summed E-state index contributed by atoms with van der Waals surface area (Å²) in [6.07, 6.45) is 4.22. The van der Waals surface area contributed by atoms with Gasteiger partial charge in [-0.2, -0.15) is 0 Å². The van der Waals surface area contributed by atoms with Crippen molar-refractivity contribution < 1.29 is 9.53 Å². The standard InChI is InChI=1S/C16H21Cl2NO2/c1-2-10-21-16(20)15(19-8-4-3-5-9-19)13-7-6-12(17)11-14(13)18/h6-7,11,15H,2-5,8-10H2,1H3/t15-/m1/s1. The SMILES string of the molecule is CCCOC(=O)[C@@H](c1ccc(Cl)cc1Cl)N1CCCCC1. The Balaban J connectivity index is 2.27. The summed E-state index contributed by atoms with van der Waals surface area (Å²) in [6, 6.07) is 4.86. The van der Waals surface area contributed by atoms with Gasteiger partial charge in [-0.1, -0.05) is 42.6 Å². The van der Waals surface area contributed by atoms with Crippen LogP contribution in [0.1, 0.15) is 44.2 Å². The lowest BCUT2D eigenvalue weighted by Crippen LogP contribution is -2.39. The molecule has 0 saturated carbocycles. The average molecular weight is 330 g/mol. The van der Waals surface area contributed by atoms with Gasteiger partial charge in [-0.05, 0) is 50.0 Å². The predicted octanol–water partition coefficient (Wildman–Crippen LogP) is 4.47. The molecule has 21 heavy (non-hydrogen) atoms. The molecule has 1 aliphatic heterocycles. The van der Waals surface area contributed by atoms with Crippen LogP contribution in [0.2, 0.25) is 10.0 Å². The second kappa shape index (κ2) is 8.02. The topological polar surface area (TPSA) is 29.5 Å². The zero-order valence-electron chi connectivity index (χ0n) is 12.3. The van der Waals surface area contributed by atoms with Gasteiger partial charge in [0.1, 0.15) is 6.04 Å². The van der Waals surface area contributed by atoms with Crippen molar-refractivity contribution >= 4 is 29.2 Å². The molecule has 1 saturated heterocycles. The second-order valence-electron chi connectivity index (χ2n) is 5.33. The number of hydrogen-bond donors (Lipinski definition) is 0. The van der Waals surface area contributed by atoms with E-state index in [1.807, 2.05) is 13.0 Å². The van der Waals surface area contributed by atoms with E-state index in [1.165, 1.54) is 6.42 Å². The molecule has 0 N–H and O–H groups in total. The molecule has 0 radical (unpaired) electrons.